The van der Waals surface area contributed by atoms with E-state index in [0.717, 1.165) is 0 Å². The average molecular weight is 584 g/mol. The zero-order valence-electron chi connectivity index (χ0n) is 21.5. The van der Waals surface area contributed by atoms with Crippen molar-refractivity contribution in [2.24, 2.45) is 11.8 Å². The van der Waals surface area contributed by atoms with E-state index in [4.69, 9.17) is 23.7 Å². The molecule has 2 rings (SSSR count). The van der Waals surface area contributed by atoms with Crippen molar-refractivity contribution in [3.05, 3.63) is 0 Å². The van der Waals surface area contributed by atoms with Crippen molar-refractivity contribution in [3.8, 4) is 0 Å². The van der Waals surface area contributed by atoms with Gasteiger partial charge in [0.15, 0.2) is 6.10 Å². The van der Waals surface area contributed by atoms with Gasteiger partial charge >= 0.3 is 35.5 Å². The monoisotopic (exact) mass is 583 g/mol. The zero-order valence-corrected chi connectivity index (χ0v) is 24.3. The van der Waals surface area contributed by atoms with Crippen LogP contribution in [0.1, 0.15) is 6.92 Å². The third kappa shape index (κ3) is 9.84. The van der Waals surface area contributed by atoms with Gasteiger partial charge in [-0.1, -0.05) is 0 Å². The summed E-state index contributed by atoms with van der Waals surface area (Å²) in [5, 5.41) is 43.8. The number of nitrogens with one attached hydrogen (secondary N) is 1. The van der Waals surface area contributed by atoms with Crippen molar-refractivity contribution < 1.29 is 100 Å². The molecule has 2 aliphatic rings. The van der Waals surface area contributed by atoms with Gasteiger partial charge in [-0.05, 0) is 0 Å². The SMILES string of the molecule is COC[C@@H]1OC(COS(=O)(=O)[O-])[C@H](O)[C@@H](COC[C@@H]2OC(C(=O)O)[C@@H](COC)[C@@H](O)C2O)C1NC(C)=O.[Na+]. The summed E-state index contributed by atoms with van der Waals surface area (Å²) >= 11 is 0. The number of hydrogen-bond acceptors (Lipinski definition) is 14. The van der Waals surface area contributed by atoms with Gasteiger partial charge in [0.2, 0.25) is 16.3 Å². The van der Waals surface area contributed by atoms with Gasteiger partial charge < -0.3 is 54.0 Å². The maximum Gasteiger partial charge on any atom is 1.00 e. The Bertz CT molecular complexity index is 863. The van der Waals surface area contributed by atoms with E-state index in [1.807, 2.05) is 0 Å². The molecule has 2 saturated heterocycles. The Labute approximate surface area is 242 Å². The second-order valence-electron chi connectivity index (χ2n) is 8.81. The Balaban J connectivity index is 0.00000722. The number of aliphatic hydroxyl groups is 3. The van der Waals surface area contributed by atoms with Crippen LogP contribution in [0.15, 0.2) is 0 Å². The van der Waals surface area contributed by atoms with Gasteiger partial charge in [0, 0.05) is 33.0 Å². The van der Waals surface area contributed by atoms with Crippen molar-refractivity contribution >= 4 is 22.3 Å². The molecular formula is C20H34NNaO15S. The fourth-order valence-corrected chi connectivity index (χ4v) is 4.79. The van der Waals surface area contributed by atoms with Crippen LogP contribution >= 0.6 is 0 Å². The van der Waals surface area contributed by atoms with Gasteiger partial charge in [-0.15, -0.1) is 0 Å². The molecule has 0 bridgehead atoms. The minimum Gasteiger partial charge on any atom is -0.726 e. The summed E-state index contributed by atoms with van der Waals surface area (Å²) in [4.78, 5) is 23.4. The van der Waals surface area contributed by atoms with E-state index in [-0.39, 0.29) is 49.4 Å². The predicted octanol–water partition coefficient (Wildman–Crippen LogP) is -6.78. The van der Waals surface area contributed by atoms with Crippen LogP contribution in [0.5, 0.6) is 0 Å². The fraction of sp³-hybridized carbons (Fsp3) is 0.900. The summed E-state index contributed by atoms with van der Waals surface area (Å²) in [6.45, 7) is -0.592. The number of rotatable bonds is 13. The summed E-state index contributed by atoms with van der Waals surface area (Å²) in [6.07, 6.45) is -9.48. The molecule has 2 heterocycles. The molecule has 5 N–H and O–H groups in total. The van der Waals surface area contributed by atoms with E-state index in [1.165, 1.54) is 21.1 Å². The smallest absolute Gasteiger partial charge is 0.726 e. The molecule has 0 aliphatic carbocycles. The largest absolute Gasteiger partial charge is 1.00 e. The number of aliphatic carboxylic acids is 1. The number of carbonyl (C=O) groups excluding carboxylic acids is 1. The number of amides is 1. The minimum absolute atomic E-state index is 0. The molecular weight excluding hydrogens is 549 g/mol. The molecule has 0 aromatic rings. The second-order valence-corrected chi connectivity index (χ2v) is 9.87. The Morgan fingerprint density at radius 2 is 1.47 bits per heavy atom. The first-order chi connectivity index (χ1) is 17.3. The summed E-state index contributed by atoms with van der Waals surface area (Å²) in [6, 6.07) is -0.895. The van der Waals surface area contributed by atoms with Gasteiger partial charge in [-0.3, -0.25) is 8.98 Å². The Hall–Kier alpha value is -0.510. The van der Waals surface area contributed by atoms with E-state index in [2.05, 4.69) is 9.50 Å². The molecule has 2 aliphatic heterocycles. The Morgan fingerprint density at radius 1 is 0.868 bits per heavy atom. The van der Waals surface area contributed by atoms with Gasteiger partial charge in [-0.2, -0.15) is 0 Å². The summed E-state index contributed by atoms with van der Waals surface area (Å²) in [5.41, 5.74) is 0. The third-order valence-corrected chi connectivity index (χ3v) is 6.61. The van der Waals surface area contributed by atoms with Crippen molar-refractivity contribution in [2.75, 3.05) is 47.3 Å². The van der Waals surface area contributed by atoms with Crippen molar-refractivity contribution in [1.82, 2.24) is 5.32 Å². The quantitative estimate of drug-likeness (QED) is 0.0769. The van der Waals surface area contributed by atoms with E-state index in [1.54, 1.807) is 0 Å². The minimum atomic E-state index is -5.09. The molecule has 0 radical (unpaired) electrons. The Morgan fingerprint density at radius 3 is 2.00 bits per heavy atom. The first-order valence-electron chi connectivity index (χ1n) is 11.3. The number of carboxylic acids is 1. The van der Waals surface area contributed by atoms with Crippen LogP contribution in [-0.2, 0) is 47.9 Å². The average Bonchev–Trinajstić information content (AvgIpc) is 2.80. The van der Waals surface area contributed by atoms with Gasteiger partial charge in [0.05, 0.1) is 51.3 Å². The van der Waals surface area contributed by atoms with Gasteiger partial charge in [0.25, 0.3) is 0 Å². The molecule has 38 heavy (non-hydrogen) atoms. The number of aliphatic hydroxyl groups excluding tert-OH is 3. The molecule has 0 aromatic heterocycles. The number of ether oxygens (including phenoxy) is 5. The topological polar surface area (TPSA) is 240 Å². The van der Waals surface area contributed by atoms with Crippen molar-refractivity contribution in [1.29, 1.82) is 0 Å². The molecule has 216 valence electrons. The normalized spacial score (nSPS) is 35.8. The van der Waals surface area contributed by atoms with Crippen LogP contribution in [0.3, 0.4) is 0 Å². The van der Waals surface area contributed by atoms with Crippen LogP contribution in [-0.4, -0.2) is 141 Å². The maximum absolute atomic E-state index is 11.8. The molecule has 10 atom stereocenters. The van der Waals surface area contributed by atoms with E-state index < -0.39 is 96.1 Å². The van der Waals surface area contributed by atoms with Gasteiger partial charge in [0.1, 0.15) is 24.4 Å². The van der Waals surface area contributed by atoms with Gasteiger partial charge in [-0.25, -0.2) is 13.2 Å². The van der Waals surface area contributed by atoms with Crippen LogP contribution < -0.4 is 34.9 Å². The van der Waals surface area contributed by atoms with Crippen LogP contribution in [0, 0.1) is 11.8 Å². The number of methoxy groups -OCH3 is 2. The first kappa shape index (κ1) is 35.5. The van der Waals surface area contributed by atoms with E-state index in [9.17, 15) is 43.0 Å². The molecule has 18 heteroatoms. The molecule has 0 spiro atoms. The number of carbonyl (C=O) groups is 2. The van der Waals surface area contributed by atoms with Crippen LogP contribution in [0.2, 0.25) is 0 Å². The second kappa shape index (κ2) is 16.1. The predicted molar refractivity (Wildman–Crippen MR) is 118 cm³/mol. The van der Waals surface area contributed by atoms with Crippen LogP contribution in [0.25, 0.3) is 0 Å². The first-order valence-corrected chi connectivity index (χ1v) is 12.6. The van der Waals surface area contributed by atoms with E-state index >= 15 is 0 Å². The maximum atomic E-state index is 11.8. The summed E-state index contributed by atoms with van der Waals surface area (Å²) in [5.74, 6) is -3.85. The molecule has 16 nitrogen and oxygen atoms in total. The van der Waals surface area contributed by atoms with Crippen molar-refractivity contribution in [3.63, 3.8) is 0 Å². The fourth-order valence-electron chi connectivity index (χ4n) is 4.49. The molecule has 1 amide bonds. The number of hydrogen-bond donors (Lipinski definition) is 5. The molecule has 0 saturated carbocycles. The molecule has 0 aromatic carbocycles. The van der Waals surface area contributed by atoms with E-state index in [0.29, 0.717) is 0 Å². The van der Waals surface area contributed by atoms with Crippen molar-refractivity contribution in [2.45, 2.75) is 55.7 Å². The standard InChI is InChI=1S/C20H35NO15S.Na/c1-9(22)21-15-10(16(23)14(8-34-37(28,29)30)35-12(15)6-32-3)5-33-7-13-18(25)17(24)11(4-31-2)19(36-13)20(26)27;/h10-19,23-25H,4-8H2,1-3H3,(H,21,22)(H,26,27)(H,28,29,30);/q;+1/p-1/t10-,11-,12-,13-,14?,15?,16+,17+,18?,19?;/m0./s1. The van der Waals surface area contributed by atoms with Crippen LogP contribution in [0.4, 0.5) is 0 Å². The molecule has 4 unspecified atom stereocenters. The number of carboxylic acid groups (broad SMARTS) is 1. The zero-order chi connectivity index (χ0) is 27.9. The molecule has 2 fully saturated rings. The summed E-state index contributed by atoms with van der Waals surface area (Å²) < 4.78 is 63.6. The Kier molecular flexibility index (Phi) is 15.0. The summed E-state index contributed by atoms with van der Waals surface area (Å²) in [7, 11) is -2.44. The third-order valence-electron chi connectivity index (χ3n) is 6.18.